The molecular weight excluding hydrogens is 354 g/mol. The topological polar surface area (TPSA) is 29.9 Å². The largest absolute Gasteiger partial charge is 0.335 e. The Bertz CT molecular complexity index is 1020. The maximum Gasteiger partial charge on any atom is 0.105 e. The molecule has 5 rings (SSSR count). The molecule has 0 saturated carbocycles. The lowest BCUT2D eigenvalue weighted by Gasteiger charge is -2.32. The third kappa shape index (κ3) is 3.56. The summed E-state index contributed by atoms with van der Waals surface area (Å²) in [6, 6.07) is 18.2. The number of rotatable bonds is 4. The van der Waals surface area contributed by atoms with Crippen LogP contribution in [0.5, 0.6) is 0 Å². The molecule has 3 nitrogen and oxygen atoms in total. The monoisotopic (exact) mass is 383 g/mol. The molecule has 148 valence electrons. The van der Waals surface area contributed by atoms with Gasteiger partial charge in [-0.15, -0.1) is 0 Å². The molecule has 0 bridgehead atoms. The zero-order valence-corrected chi connectivity index (χ0v) is 17.1. The van der Waals surface area contributed by atoms with E-state index in [4.69, 9.17) is 0 Å². The zero-order valence-electron chi connectivity index (χ0n) is 17.1. The summed E-state index contributed by atoms with van der Waals surface area (Å²) in [5.41, 5.74) is 7.28. The van der Waals surface area contributed by atoms with Crippen LogP contribution in [0.2, 0.25) is 0 Å². The van der Waals surface area contributed by atoms with Crippen LogP contribution < -0.4 is 5.32 Å². The fraction of sp³-hybridized carbons (Fsp3) is 0.346. The van der Waals surface area contributed by atoms with Gasteiger partial charge in [0, 0.05) is 24.9 Å². The number of hydrogen-bond acceptors (Lipinski definition) is 2. The molecule has 1 aromatic heterocycles. The van der Waals surface area contributed by atoms with Gasteiger partial charge in [0.2, 0.25) is 0 Å². The Morgan fingerprint density at radius 1 is 1.00 bits per heavy atom. The van der Waals surface area contributed by atoms with E-state index in [1.54, 1.807) is 0 Å². The molecule has 1 unspecified atom stereocenters. The van der Waals surface area contributed by atoms with Crippen molar-refractivity contribution in [3.05, 3.63) is 89.0 Å². The van der Waals surface area contributed by atoms with Crippen molar-refractivity contribution in [2.75, 3.05) is 13.1 Å². The lowest BCUT2D eigenvalue weighted by Crippen LogP contribution is -2.31. The minimum atomic E-state index is 0.480. The van der Waals surface area contributed by atoms with Crippen LogP contribution in [-0.4, -0.2) is 22.6 Å². The lowest BCUT2D eigenvalue weighted by molar-refractivity contribution is 0.342. The average molecular weight is 384 g/mol. The van der Waals surface area contributed by atoms with Gasteiger partial charge in [-0.05, 0) is 73.0 Å². The van der Waals surface area contributed by atoms with Crippen molar-refractivity contribution < 1.29 is 0 Å². The maximum absolute atomic E-state index is 4.39. The average Bonchev–Trinajstić information content (AvgIpc) is 3.12. The van der Waals surface area contributed by atoms with E-state index in [-0.39, 0.29) is 0 Å². The number of fused-ring (bicyclic) bond motifs is 2. The molecule has 1 atom stereocenters. The summed E-state index contributed by atoms with van der Waals surface area (Å²) < 4.78 is 2.25. The number of nitrogens with zero attached hydrogens (tertiary/aromatic N) is 2. The maximum atomic E-state index is 4.39. The third-order valence-corrected chi connectivity index (χ3v) is 6.70. The van der Waals surface area contributed by atoms with Gasteiger partial charge in [-0.3, -0.25) is 0 Å². The van der Waals surface area contributed by atoms with E-state index in [2.05, 4.69) is 82.6 Å². The summed E-state index contributed by atoms with van der Waals surface area (Å²) in [6.45, 7) is 5.31. The fourth-order valence-corrected chi connectivity index (χ4v) is 5.19. The molecule has 2 heterocycles. The molecule has 0 spiro atoms. The van der Waals surface area contributed by atoms with Gasteiger partial charge in [0.25, 0.3) is 0 Å². The Balaban J connectivity index is 1.59. The van der Waals surface area contributed by atoms with Crippen LogP contribution in [0.3, 0.4) is 0 Å². The fourth-order valence-electron chi connectivity index (χ4n) is 5.19. The Morgan fingerprint density at radius 2 is 1.76 bits per heavy atom. The molecule has 0 radical (unpaired) electrons. The van der Waals surface area contributed by atoms with Crippen LogP contribution in [0.1, 0.15) is 53.3 Å². The predicted molar refractivity (Wildman–Crippen MR) is 120 cm³/mol. The van der Waals surface area contributed by atoms with Crippen molar-refractivity contribution in [3.8, 4) is 0 Å². The molecular formula is C26H29N3. The predicted octanol–water partition coefficient (Wildman–Crippen LogP) is 5.27. The lowest BCUT2D eigenvalue weighted by atomic mass is 9.74. The van der Waals surface area contributed by atoms with Crippen LogP contribution in [0.25, 0.3) is 11.6 Å². The molecule has 1 fully saturated rings. The van der Waals surface area contributed by atoms with Crippen LogP contribution in [-0.2, 0) is 6.54 Å². The highest BCUT2D eigenvalue weighted by atomic mass is 15.0. The number of aromatic nitrogens is 2. The highest BCUT2D eigenvalue weighted by Gasteiger charge is 2.31. The minimum absolute atomic E-state index is 0.480. The normalized spacial score (nSPS) is 19.2. The summed E-state index contributed by atoms with van der Waals surface area (Å²) in [4.78, 5) is 4.39. The first kappa shape index (κ1) is 18.4. The van der Waals surface area contributed by atoms with E-state index in [0.29, 0.717) is 11.8 Å². The minimum Gasteiger partial charge on any atom is -0.335 e. The van der Waals surface area contributed by atoms with Crippen molar-refractivity contribution in [3.63, 3.8) is 0 Å². The SMILES string of the molecule is Cc1nccn1CCC1=Cc2ccccc2C(C2CCNCC2)c2ccccc21. The highest BCUT2D eigenvalue weighted by Crippen LogP contribution is 2.45. The van der Waals surface area contributed by atoms with Crippen LogP contribution >= 0.6 is 0 Å². The van der Waals surface area contributed by atoms with E-state index in [1.807, 2.05) is 6.20 Å². The molecule has 3 heteroatoms. The van der Waals surface area contributed by atoms with E-state index >= 15 is 0 Å². The zero-order chi connectivity index (χ0) is 19.6. The van der Waals surface area contributed by atoms with Crippen molar-refractivity contribution in [1.82, 2.24) is 14.9 Å². The molecule has 1 aliphatic heterocycles. The van der Waals surface area contributed by atoms with Gasteiger partial charge in [0.15, 0.2) is 0 Å². The van der Waals surface area contributed by atoms with Gasteiger partial charge >= 0.3 is 0 Å². The number of imidazole rings is 1. The second-order valence-corrected chi connectivity index (χ2v) is 8.37. The van der Waals surface area contributed by atoms with Crippen molar-refractivity contribution in [2.45, 2.75) is 38.6 Å². The first-order chi connectivity index (χ1) is 14.3. The number of nitrogens with one attached hydrogen (secondary N) is 1. The quantitative estimate of drug-likeness (QED) is 0.665. The number of aryl methyl sites for hydroxylation is 2. The number of allylic oxidation sites excluding steroid dienone is 1. The number of piperidine rings is 1. The van der Waals surface area contributed by atoms with Gasteiger partial charge < -0.3 is 9.88 Å². The Labute approximate surface area is 173 Å². The van der Waals surface area contributed by atoms with Crippen LogP contribution in [0.4, 0.5) is 0 Å². The third-order valence-electron chi connectivity index (χ3n) is 6.70. The summed E-state index contributed by atoms with van der Waals surface area (Å²) in [7, 11) is 0. The molecule has 1 saturated heterocycles. The molecule has 1 N–H and O–H groups in total. The summed E-state index contributed by atoms with van der Waals surface area (Å²) in [5, 5.41) is 3.55. The Hall–Kier alpha value is -2.65. The second kappa shape index (κ2) is 8.00. The van der Waals surface area contributed by atoms with Crippen LogP contribution in [0, 0.1) is 12.8 Å². The van der Waals surface area contributed by atoms with E-state index < -0.39 is 0 Å². The number of hydrogen-bond donors (Lipinski definition) is 1. The van der Waals surface area contributed by atoms with Crippen molar-refractivity contribution >= 4 is 11.6 Å². The van der Waals surface area contributed by atoms with Gasteiger partial charge in [-0.25, -0.2) is 4.98 Å². The first-order valence-electron chi connectivity index (χ1n) is 10.9. The van der Waals surface area contributed by atoms with Crippen molar-refractivity contribution in [2.24, 2.45) is 5.92 Å². The summed E-state index contributed by atoms with van der Waals surface area (Å²) in [5.74, 6) is 2.26. The standard InChI is InChI=1S/C26H29N3/c1-19-28-15-17-29(19)16-12-22-18-21-6-2-3-8-24(21)26(20-10-13-27-14-11-20)25-9-5-4-7-23(22)25/h2-9,15,17-18,20,26-27H,10-14,16H2,1H3. The van der Waals surface area contributed by atoms with Crippen molar-refractivity contribution in [1.29, 1.82) is 0 Å². The smallest absolute Gasteiger partial charge is 0.105 e. The summed E-state index contributed by atoms with van der Waals surface area (Å²) in [6.07, 6.45) is 9.94. The molecule has 2 aromatic carbocycles. The molecule has 1 aliphatic carbocycles. The first-order valence-corrected chi connectivity index (χ1v) is 10.9. The summed E-state index contributed by atoms with van der Waals surface area (Å²) >= 11 is 0. The molecule has 0 amide bonds. The van der Waals surface area contributed by atoms with Gasteiger partial charge in [-0.1, -0.05) is 54.6 Å². The van der Waals surface area contributed by atoms with E-state index in [1.165, 1.54) is 40.7 Å². The van der Waals surface area contributed by atoms with Crippen LogP contribution in [0.15, 0.2) is 60.9 Å². The number of benzene rings is 2. The highest BCUT2D eigenvalue weighted by molar-refractivity contribution is 5.86. The van der Waals surface area contributed by atoms with Gasteiger partial charge in [-0.2, -0.15) is 0 Å². The molecule has 2 aliphatic rings. The molecule has 29 heavy (non-hydrogen) atoms. The van der Waals surface area contributed by atoms with E-state index in [0.717, 1.165) is 31.9 Å². The molecule has 3 aromatic rings. The Kier molecular flexibility index (Phi) is 5.07. The van der Waals surface area contributed by atoms with Gasteiger partial charge in [0.1, 0.15) is 5.82 Å². The van der Waals surface area contributed by atoms with E-state index in [9.17, 15) is 0 Å². The van der Waals surface area contributed by atoms with Gasteiger partial charge in [0.05, 0.1) is 0 Å². The Morgan fingerprint density at radius 3 is 2.55 bits per heavy atom. The second-order valence-electron chi connectivity index (χ2n) is 8.37.